The van der Waals surface area contributed by atoms with Gasteiger partial charge in [0.15, 0.2) is 0 Å². The molecule has 0 amide bonds. The Hall–Kier alpha value is 0.715. The largest absolute Gasteiger partial charge is 0.355 e. The lowest BCUT2D eigenvalue weighted by Gasteiger charge is -1.91. The highest BCUT2D eigenvalue weighted by atomic mass is 127. The highest BCUT2D eigenvalue weighted by Gasteiger charge is 2.22. The quantitative estimate of drug-likeness (QED) is 0.527. The number of halogens is 1. The molecule has 1 heterocycles. The van der Waals surface area contributed by atoms with Crippen LogP contribution in [-0.4, -0.2) is 3.13 Å². The number of fused-ring (bicyclic) bond motifs is 1. The third-order valence-corrected chi connectivity index (χ3v) is 5.11. The van der Waals surface area contributed by atoms with Crippen molar-refractivity contribution in [3.8, 4) is 0 Å². The van der Waals surface area contributed by atoms with E-state index in [-0.39, 0.29) is 0 Å². The van der Waals surface area contributed by atoms with Gasteiger partial charge in [0.25, 0.3) is 0 Å². The third-order valence-electron chi connectivity index (χ3n) is 1.29. The van der Waals surface area contributed by atoms with E-state index in [4.69, 9.17) is 0 Å². The molecule has 0 aromatic heterocycles. The van der Waals surface area contributed by atoms with Crippen LogP contribution in [0.3, 0.4) is 0 Å². The molecule has 10 heavy (non-hydrogen) atoms. The van der Waals surface area contributed by atoms with Crippen molar-refractivity contribution in [3.63, 3.8) is 0 Å². The fourth-order valence-corrected chi connectivity index (χ4v) is 4.70. The predicted octanol–water partition coefficient (Wildman–Crippen LogP) is 3.30. The molecule has 1 aromatic rings. The molecule has 0 radical (unpaired) electrons. The average Bonchev–Trinajstić information content (AvgIpc) is 2.27. The van der Waals surface area contributed by atoms with Crippen LogP contribution in [0, 0.1) is 0 Å². The maximum Gasteiger partial charge on any atom is 0.355 e. The topological polar surface area (TPSA) is 0 Å². The summed E-state index contributed by atoms with van der Waals surface area (Å²) < 4.78 is 0.676. The van der Waals surface area contributed by atoms with Gasteiger partial charge in [0, 0.05) is 9.79 Å². The minimum Gasteiger partial charge on any atom is -0.147 e. The first kappa shape index (κ1) is 7.37. The fraction of sp³-hybridized carbons (Fsp3) is 0. The van der Waals surface area contributed by atoms with Crippen molar-refractivity contribution in [1.29, 1.82) is 0 Å². The highest BCUT2D eigenvalue weighted by molar-refractivity contribution is 14.1. The predicted molar refractivity (Wildman–Crippen MR) is 57.9 cm³/mol. The van der Waals surface area contributed by atoms with Gasteiger partial charge in [-0.25, -0.2) is 0 Å². The van der Waals surface area contributed by atoms with Crippen LogP contribution in [0.1, 0.15) is 0 Å². The maximum absolute atomic E-state index is 2.45. The zero-order chi connectivity index (χ0) is 6.97. The molecule has 2 rings (SSSR count). The standard InChI is InChI=1S/C6H4BIS2/c8-7-9-5-3-1-2-4-6(5)10-7/h1-4H. The first-order valence-electron chi connectivity index (χ1n) is 2.93. The Labute approximate surface area is 82.3 Å². The van der Waals surface area contributed by atoms with Gasteiger partial charge in [-0.1, -0.05) is 12.1 Å². The normalized spacial score (nSPS) is 15.5. The van der Waals surface area contributed by atoms with Crippen LogP contribution in [0.2, 0.25) is 0 Å². The van der Waals surface area contributed by atoms with Crippen molar-refractivity contribution < 1.29 is 0 Å². The van der Waals surface area contributed by atoms with Gasteiger partial charge in [-0.2, -0.15) is 0 Å². The molecule has 50 valence electrons. The van der Waals surface area contributed by atoms with Gasteiger partial charge >= 0.3 is 3.13 Å². The van der Waals surface area contributed by atoms with Gasteiger partial charge < -0.3 is 0 Å². The number of benzene rings is 1. The molecule has 0 saturated carbocycles. The molecule has 4 heteroatoms. The SMILES string of the molecule is IB1Sc2ccccc2S1. The van der Waals surface area contributed by atoms with Crippen LogP contribution >= 0.6 is 45.6 Å². The Kier molecular flexibility index (Phi) is 2.20. The summed E-state index contributed by atoms with van der Waals surface area (Å²) in [4.78, 5) is 2.87. The molecule has 1 aliphatic heterocycles. The molecule has 1 aliphatic rings. The molecular formula is C6H4BIS2. The van der Waals surface area contributed by atoms with Gasteiger partial charge in [0.1, 0.15) is 0 Å². The Morgan fingerprint density at radius 2 is 1.60 bits per heavy atom. The molecule has 1 aromatic carbocycles. The summed E-state index contributed by atoms with van der Waals surface area (Å²) in [7, 11) is 0. The average molecular weight is 278 g/mol. The van der Waals surface area contributed by atoms with Crippen LogP contribution < -0.4 is 0 Å². The molecule has 0 aliphatic carbocycles. The molecule has 0 N–H and O–H groups in total. The lowest BCUT2D eigenvalue weighted by molar-refractivity contribution is 1.27. The van der Waals surface area contributed by atoms with Crippen molar-refractivity contribution in [2.75, 3.05) is 0 Å². The molecule has 0 fully saturated rings. The number of rotatable bonds is 0. The van der Waals surface area contributed by atoms with Crippen molar-refractivity contribution >= 4 is 48.7 Å². The summed E-state index contributed by atoms with van der Waals surface area (Å²) >= 11 is 6.33. The minimum absolute atomic E-state index is 0.676. The van der Waals surface area contributed by atoms with Gasteiger partial charge in [0.05, 0.1) is 0 Å². The van der Waals surface area contributed by atoms with E-state index in [1.807, 2.05) is 23.2 Å². The van der Waals surface area contributed by atoms with Crippen LogP contribution in [0.15, 0.2) is 34.1 Å². The first-order chi connectivity index (χ1) is 4.86. The van der Waals surface area contributed by atoms with E-state index in [1.54, 1.807) is 0 Å². The summed E-state index contributed by atoms with van der Waals surface area (Å²) in [5.74, 6) is 0. The van der Waals surface area contributed by atoms with Gasteiger partial charge in [0.2, 0.25) is 0 Å². The number of hydrogen-bond donors (Lipinski definition) is 0. The Balaban J connectivity index is 2.42. The van der Waals surface area contributed by atoms with E-state index in [0.717, 1.165) is 0 Å². The zero-order valence-corrected chi connectivity index (χ0v) is 8.87. The Morgan fingerprint density at radius 1 is 1.10 bits per heavy atom. The maximum atomic E-state index is 2.45. The summed E-state index contributed by atoms with van der Waals surface area (Å²) in [6.45, 7) is 0. The van der Waals surface area contributed by atoms with Crippen molar-refractivity contribution in [1.82, 2.24) is 0 Å². The van der Waals surface area contributed by atoms with Gasteiger partial charge in [-0.05, 0) is 12.1 Å². The van der Waals surface area contributed by atoms with Crippen LogP contribution in [-0.2, 0) is 0 Å². The van der Waals surface area contributed by atoms with Gasteiger partial charge in [-0.3, -0.25) is 0 Å². The van der Waals surface area contributed by atoms with E-state index in [2.05, 4.69) is 46.6 Å². The molecule has 0 atom stereocenters. The van der Waals surface area contributed by atoms with Crippen LogP contribution in [0.25, 0.3) is 0 Å². The zero-order valence-electron chi connectivity index (χ0n) is 5.08. The summed E-state index contributed by atoms with van der Waals surface area (Å²) in [6.07, 6.45) is 0. The Bertz CT molecular complexity index is 228. The molecule has 0 spiro atoms. The monoisotopic (exact) mass is 278 g/mol. The lowest BCUT2D eigenvalue weighted by Crippen LogP contribution is -1.76. The van der Waals surface area contributed by atoms with Crippen molar-refractivity contribution in [2.45, 2.75) is 9.79 Å². The molecule has 0 saturated heterocycles. The summed E-state index contributed by atoms with van der Waals surface area (Å²) in [6, 6.07) is 8.57. The van der Waals surface area contributed by atoms with Crippen LogP contribution in [0.5, 0.6) is 0 Å². The van der Waals surface area contributed by atoms with Gasteiger partial charge in [-0.15, -0.1) is 45.6 Å². The number of hydrogen-bond acceptors (Lipinski definition) is 2. The van der Waals surface area contributed by atoms with Crippen LogP contribution in [0.4, 0.5) is 0 Å². The minimum atomic E-state index is 0.676. The molecule has 0 bridgehead atoms. The summed E-state index contributed by atoms with van der Waals surface area (Å²) in [5.41, 5.74) is 0. The molecule has 0 nitrogen and oxygen atoms in total. The second-order valence-electron chi connectivity index (χ2n) is 1.96. The fourth-order valence-electron chi connectivity index (χ4n) is 0.869. The Morgan fingerprint density at radius 3 is 2.10 bits per heavy atom. The second-order valence-corrected chi connectivity index (χ2v) is 7.49. The van der Waals surface area contributed by atoms with E-state index < -0.39 is 0 Å². The van der Waals surface area contributed by atoms with Crippen molar-refractivity contribution in [2.24, 2.45) is 0 Å². The molecule has 0 unspecified atom stereocenters. The van der Waals surface area contributed by atoms with E-state index >= 15 is 0 Å². The third kappa shape index (κ3) is 1.33. The molecular weight excluding hydrogens is 274 g/mol. The highest BCUT2D eigenvalue weighted by Crippen LogP contribution is 2.47. The lowest BCUT2D eigenvalue weighted by atomic mass is 10.4. The van der Waals surface area contributed by atoms with E-state index in [0.29, 0.717) is 3.13 Å². The van der Waals surface area contributed by atoms with Crippen molar-refractivity contribution in [3.05, 3.63) is 24.3 Å². The second kappa shape index (κ2) is 2.99. The van der Waals surface area contributed by atoms with E-state index in [9.17, 15) is 0 Å². The van der Waals surface area contributed by atoms with E-state index in [1.165, 1.54) is 9.79 Å². The smallest absolute Gasteiger partial charge is 0.147 e. The summed E-state index contributed by atoms with van der Waals surface area (Å²) in [5, 5.41) is 0. The first-order valence-corrected chi connectivity index (χ1v) is 5.93.